The highest BCUT2D eigenvalue weighted by molar-refractivity contribution is 6.55. The minimum absolute atomic E-state index is 0.0200. The van der Waals surface area contributed by atoms with Crippen molar-refractivity contribution in [2.45, 2.75) is 26.9 Å². The van der Waals surface area contributed by atoms with Gasteiger partial charge in [0.25, 0.3) is 11.8 Å². The van der Waals surface area contributed by atoms with E-state index in [2.05, 4.69) is 0 Å². The lowest BCUT2D eigenvalue weighted by Gasteiger charge is -2.16. The molecule has 1 aliphatic heterocycles. The fourth-order valence-electron chi connectivity index (χ4n) is 2.10. The van der Waals surface area contributed by atoms with Crippen molar-refractivity contribution in [3.05, 3.63) is 40.4 Å². The molecular formula is C16H18ClNO3. The molecule has 1 aliphatic rings. The summed E-state index contributed by atoms with van der Waals surface area (Å²) in [5, 5.41) is -0.0200. The molecule has 0 fully saturated rings. The average Bonchev–Trinajstić information content (AvgIpc) is 2.64. The number of benzene rings is 1. The Morgan fingerprint density at radius 2 is 1.76 bits per heavy atom. The summed E-state index contributed by atoms with van der Waals surface area (Å²) < 4.78 is 5.38. The molecule has 1 heterocycles. The van der Waals surface area contributed by atoms with Crippen LogP contribution in [0.1, 0.15) is 25.0 Å². The third-order valence-electron chi connectivity index (χ3n) is 3.22. The van der Waals surface area contributed by atoms with Crippen molar-refractivity contribution in [1.29, 1.82) is 0 Å². The smallest absolute Gasteiger partial charge is 0.273 e. The number of ether oxygens (including phenoxy) is 1. The molecule has 0 aromatic heterocycles. The quantitative estimate of drug-likeness (QED) is 0.786. The molecule has 2 rings (SSSR count). The highest BCUT2D eigenvalue weighted by atomic mass is 35.5. The van der Waals surface area contributed by atoms with Gasteiger partial charge in [0.1, 0.15) is 5.03 Å². The first-order chi connectivity index (χ1) is 9.91. The average molecular weight is 308 g/mol. The Hall–Kier alpha value is -1.65. The normalized spacial score (nSPS) is 15.6. The van der Waals surface area contributed by atoms with Crippen LogP contribution in [0.25, 0.3) is 5.57 Å². The molecule has 0 atom stereocenters. The Kier molecular flexibility index (Phi) is 4.80. The summed E-state index contributed by atoms with van der Waals surface area (Å²) in [7, 11) is 0. The van der Waals surface area contributed by atoms with Gasteiger partial charge in [-0.1, -0.05) is 41.4 Å². The summed E-state index contributed by atoms with van der Waals surface area (Å²) in [5.74, 6) is -0.814. The Morgan fingerprint density at radius 1 is 1.14 bits per heavy atom. The first-order valence-electron chi connectivity index (χ1n) is 6.86. The summed E-state index contributed by atoms with van der Waals surface area (Å²) >= 11 is 6.06. The van der Waals surface area contributed by atoms with Crippen molar-refractivity contribution in [2.24, 2.45) is 0 Å². The Morgan fingerprint density at radius 3 is 2.33 bits per heavy atom. The second-order valence-corrected chi connectivity index (χ2v) is 5.61. The molecule has 21 heavy (non-hydrogen) atoms. The monoisotopic (exact) mass is 307 g/mol. The molecule has 4 nitrogen and oxygen atoms in total. The number of hydrogen-bond acceptors (Lipinski definition) is 3. The number of amides is 2. The topological polar surface area (TPSA) is 46.6 Å². The maximum absolute atomic E-state index is 12.4. The molecule has 1 aromatic rings. The third kappa shape index (κ3) is 3.34. The van der Waals surface area contributed by atoms with E-state index >= 15 is 0 Å². The van der Waals surface area contributed by atoms with E-state index in [4.69, 9.17) is 16.3 Å². The van der Waals surface area contributed by atoms with Gasteiger partial charge in [-0.2, -0.15) is 0 Å². The summed E-state index contributed by atoms with van der Waals surface area (Å²) in [5.41, 5.74) is 2.01. The van der Waals surface area contributed by atoms with Crippen LogP contribution in [-0.2, 0) is 14.3 Å². The lowest BCUT2D eigenvalue weighted by Crippen LogP contribution is -2.34. The van der Waals surface area contributed by atoms with Crippen molar-refractivity contribution >= 4 is 29.0 Å². The zero-order valence-corrected chi connectivity index (χ0v) is 13.1. The largest absolute Gasteiger partial charge is 0.377 e. The van der Waals surface area contributed by atoms with E-state index in [1.807, 2.05) is 32.9 Å². The summed E-state index contributed by atoms with van der Waals surface area (Å²) in [6.45, 7) is 6.27. The number of nitrogens with zero attached hydrogens (tertiary/aromatic N) is 1. The van der Waals surface area contributed by atoms with E-state index in [1.165, 1.54) is 0 Å². The van der Waals surface area contributed by atoms with Gasteiger partial charge in [0.05, 0.1) is 24.8 Å². The number of carbonyl (C=O) groups is 2. The summed E-state index contributed by atoms with van der Waals surface area (Å²) in [4.78, 5) is 25.6. The fraction of sp³-hybridized carbons (Fsp3) is 0.375. The zero-order chi connectivity index (χ0) is 15.6. The standard InChI is InChI=1S/C16H18ClNO3/c1-10(2)21-9-8-18-15(19)13(14(17)16(18)20)12-6-4-11(3)5-7-12/h4-7,10H,8-9H2,1-3H3. The minimum atomic E-state index is -0.454. The third-order valence-corrected chi connectivity index (χ3v) is 3.57. The number of rotatable bonds is 5. The molecule has 0 bridgehead atoms. The number of imide groups is 1. The molecule has 0 saturated carbocycles. The molecular weight excluding hydrogens is 290 g/mol. The lowest BCUT2D eigenvalue weighted by molar-refractivity contribution is -0.137. The molecule has 0 unspecified atom stereocenters. The summed E-state index contributed by atoms with van der Waals surface area (Å²) in [6, 6.07) is 7.36. The van der Waals surface area contributed by atoms with Gasteiger partial charge in [0.15, 0.2) is 0 Å². The second kappa shape index (κ2) is 6.41. The first-order valence-corrected chi connectivity index (χ1v) is 7.24. The Bertz CT molecular complexity index is 590. The van der Waals surface area contributed by atoms with Crippen molar-refractivity contribution in [3.8, 4) is 0 Å². The molecule has 0 spiro atoms. The van der Waals surface area contributed by atoms with Gasteiger partial charge < -0.3 is 4.74 Å². The molecule has 112 valence electrons. The van der Waals surface area contributed by atoms with Gasteiger partial charge in [0.2, 0.25) is 0 Å². The van der Waals surface area contributed by atoms with Gasteiger partial charge in [-0.25, -0.2) is 0 Å². The highest BCUT2D eigenvalue weighted by Crippen LogP contribution is 2.31. The van der Waals surface area contributed by atoms with Gasteiger partial charge in [-0.15, -0.1) is 0 Å². The molecule has 1 aromatic carbocycles. The molecule has 2 amide bonds. The minimum Gasteiger partial charge on any atom is -0.377 e. The lowest BCUT2D eigenvalue weighted by atomic mass is 10.0. The van der Waals surface area contributed by atoms with Gasteiger partial charge >= 0.3 is 0 Å². The predicted octanol–water partition coefficient (Wildman–Crippen LogP) is 2.74. The van der Waals surface area contributed by atoms with Crippen LogP contribution in [0.5, 0.6) is 0 Å². The van der Waals surface area contributed by atoms with E-state index in [9.17, 15) is 9.59 Å². The van der Waals surface area contributed by atoms with Crippen LogP contribution < -0.4 is 0 Å². The van der Waals surface area contributed by atoms with Crippen LogP contribution in [0.3, 0.4) is 0 Å². The maximum Gasteiger partial charge on any atom is 0.273 e. The molecule has 5 heteroatoms. The van der Waals surface area contributed by atoms with Crippen LogP contribution in [-0.4, -0.2) is 36.0 Å². The van der Waals surface area contributed by atoms with E-state index < -0.39 is 5.91 Å². The SMILES string of the molecule is Cc1ccc(C2=C(Cl)C(=O)N(CCOC(C)C)C2=O)cc1. The number of aryl methyl sites for hydroxylation is 1. The van der Waals surface area contributed by atoms with Gasteiger partial charge in [-0.05, 0) is 26.3 Å². The molecule has 0 radical (unpaired) electrons. The fourth-order valence-corrected chi connectivity index (χ4v) is 2.39. The van der Waals surface area contributed by atoms with Gasteiger partial charge in [-0.3, -0.25) is 14.5 Å². The van der Waals surface area contributed by atoms with E-state index in [-0.39, 0.29) is 29.2 Å². The number of carbonyl (C=O) groups excluding carboxylic acids is 2. The van der Waals surface area contributed by atoms with Crippen LogP contribution in [0.2, 0.25) is 0 Å². The first kappa shape index (κ1) is 15.7. The number of hydrogen-bond donors (Lipinski definition) is 0. The predicted molar refractivity (Wildman–Crippen MR) is 81.8 cm³/mol. The molecule has 0 aliphatic carbocycles. The highest BCUT2D eigenvalue weighted by Gasteiger charge is 2.37. The Balaban J connectivity index is 2.18. The van der Waals surface area contributed by atoms with E-state index in [1.54, 1.807) is 12.1 Å². The second-order valence-electron chi connectivity index (χ2n) is 5.24. The maximum atomic E-state index is 12.4. The van der Waals surface area contributed by atoms with E-state index in [0.29, 0.717) is 12.2 Å². The van der Waals surface area contributed by atoms with Crippen molar-refractivity contribution in [1.82, 2.24) is 4.90 Å². The molecule has 0 N–H and O–H groups in total. The van der Waals surface area contributed by atoms with Crippen LogP contribution in [0, 0.1) is 6.92 Å². The zero-order valence-electron chi connectivity index (χ0n) is 12.4. The number of halogens is 1. The van der Waals surface area contributed by atoms with Crippen molar-refractivity contribution in [3.63, 3.8) is 0 Å². The van der Waals surface area contributed by atoms with Crippen LogP contribution in [0.15, 0.2) is 29.3 Å². The Labute approximate surface area is 129 Å². The van der Waals surface area contributed by atoms with Crippen LogP contribution in [0.4, 0.5) is 0 Å². The van der Waals surface area contributed by atoms with Gasteiger partial charge in [0, 0.05) is 0 Å². The van der Waals surface area contributed by atoms with Crippen LogP contribution >= 0.6 is 11.6 Å². The van der Waals surface area contributed by atoms with E-state index in [0.717, 1.165) is 10.5 Å². The van der Waals surface area contributed by atoms with Crippen molar-refractivity contribution in [2.75, 3.05) is 13.2 Å². The summed E-state index contributed by atoms with van der Waals surface area (Å²) in [6.07, 6.45) is 0.0535. The van der Waals surface area contributed by atoms with Crippen molar-refractivity contribution < 1.29 is 14.3 Å². The molecule has 0 saturated heterocycles.